The molecule has 180 valence electrons. The summed E-state index contributed by atoms with van der Waals surface area (Å²) in [6, 6.07) is 6.20. The number of hydrogen-bond donors (Lipinski definition) is 0. The topological polar surface area (TPSA) is 27.7 Å². The molecule has 0 aromatic heterocycles. The van der Waals surface area contributed by atoms with Gasteiger partial charge in [-0.3, -0.25) is 0 Å². The van der Waals surface area contributed by atoms with Crippen LogP contribution in [0.1, 0.15) is 122 Å². The maximum absolute atomic E-state index is 6.12. The van der Waals surface area contributed by atoms with Crippen molar-refractivity contribution in [3.05, 3.63) is 23.8 Å². The van der Waals surface area contributed by atoms with E-state index in [0.717, 1.165) is 43.1 Å². The zero-order valence-electron chi connectivity index (χ0n) is 20.9. The first-order valence-corrected chi connectivity index (χ1v) is 13.2. The highest BCUT2D eigenvalue weighted by Crippen LogP contribution is 2.29. The van der Waals surface area contributed by atoms with Crippen molar-refractivity contribution >= 4 is 0 Å². The van der Waals surface area contributed by atoms with E-state index in [4.69, 9.17) is 14.2 Å². The Balaban J connectivity index is 2.27. The van der Waals surface area contributed by atoms with Gasteiger partial charge >= 0.3 is 0 Å². The molecular weight excluding hydrogens is 384 g/mol. The van der Waals surface area contributed by atoms with Gasteiger partial charge in [0.25, 0.3) is 0 Å². The molecule has 0 atom stereocenters. The van der Waals surface area contributed by atoms with Crippen molar-refractivity contribution in [3.8, 4) is 11.5 Å². The standard InChI is InChI=1S/C28H50O3/c1-4-6-8-10-12-14-16-18-22-30-27-21-20-26(25-29-3)24-28(27)31-23-19-17-15-13-11-9-7-5-2/h20-21,24H,4-19,22-23,25H2,1-3H3. The summed E-state index contributed by atoms with van der Waals surface area (Å²) in [4.78, 5) is 0. The van der Waals surface area contributed by atoms with Crippen LogP contribution in [0.3, 0.4) is 0 Å². The first-order valence-electron chi connectivity index (χ1n) is 13.2. The van der Waals surface area contributed by atoms with Gasteiger partial charge in [0.15, 0.2) is 11.5 Å². The molecule has 0 heterocycles. The third-order valence-corrected chi connectivity index (χ3v) is 5.83. The SMILES string of the molecule is CCCCCCCCCCOc1ccc(COC)cc1OCCCCCCCCCC. The lowest BCUT2D eigenvalue weighted by molar-refractivity contribution is 0.184. The van der Waals surface area contributed by atoms with Gasteiger partial charge in [-0.1, -0.05) is 110 Å². The van der Waals surface area contributed by atoms with Crippen molar-refractivity contribution in [3.63, 3.8) is 0 Å². The Labute approximate surface area is 193 Å². The number of methoxy groups -OCH3 is 1. The third-order valence-electron chi connectivity index (χ3n) is 5.83. The number of benzene rings is 1. The fraction of sp³-hybridized carbons (Fsp3) is 0.786. The average Bonchev–Trinajstić information content (AvgIpc) is 2.78. The normalized spacial score (nSPS) is 11.1. The summed E-state index contributed by atoms with van der Waals surface area (Å²) in [5.74, 6) is 1.75. The van der Waals surface area contributed by atoms with Crippen LogP contribution in [0.2, 0.25) is 0 Å². The van der Waals surface area contributed by atoms with Crippen molar-refractivity contribution in [2.24, 2.45) is 0 Å². The third kappa shape index (κ3) is 15.3. The van der Waals surface area contributed by atoms with Gasteiger partial charge in [-0.05, 0) is 30.5 Å². The van der Waals surface area contributed by atoms with E-state index >= 15 is 0 Å². The first-order chi connectivity index (χ1) is 15.3. The molecule has 0 aliphatic heterocycles. The van der Waals surface area contributed by atoms with Crippen molar-refractivity contribution in [2.75, 3.05) is 20.3 Å². The molecule has 0 aliphatic rings. The van der Waals surface area contributed by atoms with Gasteiger partial charge < -0.3 is 14.2 Å². The zero-order valence-corrected chi connectivity index (χ0v) is 20.9. The van der Waals surface area contributed by atoms with Crippen LogP contribution in [0.4, 0.5) is 0 Å². The smallest absolute Gasteiger partial charge is 0.161 e. The van der Waals surface area contributed by atoms with Gasteiger partial charge in [-0.15, -0.1) is 0 Å². The van der Waals surface area contributed by atoms with Crippen molar-refractivity contribution < 1.29 is 14.2 Å². The zero-order chi connectivity index (χ0) is 22.4. The van der Waals surface area contributed by atoms with E-state index in [-0.39, 0.29) is 0 Å². The molecule has 0 saturated heterocycles. The molecule has 1 rings (SSSR count). The minimum Gasteiger partial charge on any atom is -0.490 e. The number of hydrogen-bond acceptors (Lipinski definition) is 3. The van der Waals surface area contributed by atoms with Crippen LogP contribution < -0.4 is 9.47 Å². The van der Waals surface area contributed by atoms with Gasteiger partial charge in [-0.2, -0.15) is 0 Å². The Kier molecular flexibility index (Phi) is 18.5. The highest BCUT2D eigenvalue weighted by Gasteiger charge is 2.07. The van der Waals surface area contributed by atoms with Gasteiger partial charge in [0.05, 0.1) is 19.8 Å². The largest absolute Gasteiger partial charge is 0.490 e. The summed E-state index contributed by atoms with van der Waals surface area (Å²) in [5, 5.41) is 0. The Bertz CT molecular complexity index is 515. The molecule has 0 bridgehead atoms. The molecule has 0 radical (unpaired) electrons. The summed E-state index contributed by atoms with van der Waals surface area (Å²) in [6.07, 6.45) is 21.0. The summed E-state index contributed by atoms with van der Waals surface area (Å²) in [6.45, 7) is 6.68. The van der Waals surface area contributed by atoms with E-state index in [0.29, 0.717) is 6.61 Å². The van der Waals surface area contributed by atoms with Crippen LogP contribution in [-0.4, -0.2) is 20.3 Å². The predicted molar refractivity (Wildman–Crippen MR) is 133 cm³/mol. The lowest BCUT2D eigenvalue weighted by Crippen LogP contribution is -2.03. The monoisotopic (exact) mass is 434 g/mol. The maximum atomic E-state index is 6.12. The van der Waals surface area contributed by atoms with Crippen LogP contribution in [0.5, 0.6) is 11.5 Å². The molecule has 0 fully saturated rings. The van der Waals surface area contributed by atoms with Crippen LogP contribution in [0.25, 0.3) is 0 Å². The predicted octanol–water partition coefficient (Wildman–Crippen LogP) is 8.87. The van der Waals surface area contributed by atoms with E-state index in [1.165, 1.54) is 89.9 Å². The summed E-state index contributed by atoms with van der Waals surface area (Å²) in [7, 11) is 1.73. The van der Waals surface area contributed by atoms with Crippen molar-refractivity contribution in [1.82, 2.24) is 0 Å². The van der Waals surface area contributed by atoms with Crippen LogP contribution in [0, 0.1) is 0 Å². The molecule has 0 unspecified atom stereocenters. The second-order valence-electron chi connectivity index (χ2n) is 8.86. The fourth-order valence-electron chi connectivity index (χ4n) is 3.88. The molecule has 3 nitrogen and oxygen atoms in total. The van der Waals surface area contributed by atoms with Crippen LogP contribution >= 0.6 is 0 Å². The minimum absolute atomic E-state index is 0.604. The van der Waals surface area contributed by atoms with E-state index < -0.39 is 0 Å². The first kappa shape index (κ1) is 27.8. The van der Waals surface area contributed by atoms with E-state index in [2.05, 4.69) is 26.0 Å². The van der Waals surface area contributed by atoms with E-state index in [1.807, 2.05) is 6.07 Å². The second-order valence-corrected chi connectivity index (χ2v) is 8.86. The highest BCUT2D eigenvalue weighted by molar-refractivity contribution is 5.42. The molecule has 1 aromatic carbocycles. The van der Waals surface area contributed by atoms with Crippen molar-refractivity contribution in [2.45, 2.75) is 123 Å². The van der Waals surface area contributed by atoms with Gasteiger partial charge in [0.1, 0.15) is 0 Å². The second kappa shape index (κ2) is 20.7. The Hall–Kier alpha value is -1.22. The van der Waals surface area contributed by atoms with E-state index in [1.54, 1.807) is 7.11 Å². The lowest BCUT2D eigenvalue weighted by Gasteiger charge is -2.14. The van der Waals surface area contributed by atoms with Gasteiger partial charge in [0, 0.05) is 7.11 Å². The average molecular weight is 435 g/mol. The molecule has 0 aliphatic carbocycles. The highest BCUT2D eigenvalue weighted by atomic mass is 16.5. The Morgan fingerprint density at radius 1 is 0.548 bits per heavy atom. The Morgan fingerprint density at radius 3 is 1.48 bits per heavy atom. The molecule has 0 amide bonds. The van der Waals surface area contributed by atoms with Gasteiger partial charge in [-0.25, -0.2) is 0 Å². The molecule has 0 N–H and O–H groups in total. The lowest BCUT2D eigenvalue weighted by atomic mass is 10.1. The number of rotatable bonds is 22. The molecular formula is C28H50O3. The summed E-state index contributed by atoms with van der Waals surface area (Å²) < 4.78 is 17.5. The van der Waals surface area contributed by atoms with Crippen LogP contribution in [0.15, 0.2) is 18.2 Å². The number of ether oxygens (including phenoxy) is 3. The van der Waals surface area contributed by atoms with Crippen LogP contribution in [-0.2, 0) is 11.3 Å². The fourth-order valence-corrected chi connectivity index (χ4v) is 3.88. The molecule has 0 spiro atoms. The maximum Gasteiger partial charge on any atom is 0.161 e. The van der Waals surface area contributed by atoms with E-state index in [9.17, 15) is 0 Å². The van der Waals surface area contributed by atoms with Gasteiger partial charge in [0.2, 0.25) is 0 Å². The summed E-state index contributed by atoms with van der Waals surface area (Å²) in [5.41, 5.74) is 1.13. The molecule has 0 saturated carbocycles. The quantitative estimate of drug-likeness (QED) is 0.171. The molecule has 1 aromatic rings. The summed E-state index contributed by atoms with van der Waals surface area (Å²) >= 11 is 0. The minimum atomic E-state index is 0.604. The number of unbranched alkanes of at least 4 members (excludes halogenated alkanes) is 14. The molecule has 31 heavy (non-hydrogen) atoms. The Morgan fingerprint density at radius 2 is 1.00 bits per heavy atom. The molecule has 3 heteroatoms. The van der Waals surface area contributed by atoms with Crippen molar-refractivity contribution in [1.29, 1.82) is 0 Å².